The lowest BCUT2D eigenvalue weighted by atomic mass is 10.0. The molecule has 0 bridgehead atoms. The number of anilines is 1. The molecule has 1 atom stereocenters. The van der Waals surface area contributed by atoms with Crippen LogP contribution < -0.4 is 5.32 Å². The summed E-state index contributed by atoms with van der Waals surface area (Å²) < 4.78 is 13.3. The van der Waals surface area contributed by atoms with Gasteiger partial charge in [-0.25, -0.2) is 4.39 Å². The molecule has 1 aromatic carbocycles. The Bertz CT molecular complexity index is 534. The normalized spacial score (nSPS) is 22.3. The summed E-state index contributed by atoms with van der Waals surface area (Å²) in [7, 11) is 0. The van der Waals surface area contributed by atoms with Crippen LogP contribution in [0.1, 0.15) is 25.7 Å². The number of hydrogen-bond donors (Lipinski definition) is 1. The van der Waals surface area contributed by atoms with Crippen LogP contribution in [-0.4, -0.2) is 54.7 Å². The first-order valence-electron chi connectivity index (χ1n) is 8.38. The van der Waals surface area contributed by atoms with Crippen LogP contribution in [0.5, 0.6) is 0 Å². The Labute approximate surface area is 136 Å². The first-order valence-corrected chi connectivity index (χ1v) is 8.38. The highest BCUT2D eigenvalue weighted by atomic mass is 19.1. The minimum Gasteiger partial charge on any atom is -0.380 e. The van der Waals surface area contributed by atoms with Crippen LogP contribution in [0.2, 0.25) is 0 Å². The molecule has 5 nitrogen and oxygen atoms in total. The second-order valence-electron chi connectivity index (χ2n) is 6.20. The number of amides is 1. The zero-order valence-electron chi connectivity index (χ0n) is 13.3. The van der Waals surface area contributed by atoms with Crippen molar-refractivity contribution >= 4 is 11.6 Å². The number of piperidine rings is 1. The fourth-order valence-corrected chi connectivity index (χ4v) is 3.19. The van der Waals surface area contributed by atoms with Gasteiger partial charge in [0, 0.05) is 44.3 Å². The third kappa shape index (κ3) is 4.65. The van der Waals surface area contributed by atoms with Gasteiger partial charge in [0.05, 0.1) is 6.61 Å². The fraction of sp³-hybridized carbons (Fsp3) is 0.588. The van der Waals surface area contributed by atoms with E-state index in [9.17, 15) is 9.18 Å². The van der Waals surface area contributed by atoms with E-state index in [0.29, 0.717) is 19.5 Å². The topological polar surface area (TPSA) is 44.8 Å². The van der Waals surface area contributed by atoms with E-state index in [2.05, 4.69) is 5.32 Å². The largest absolute Gasteiger partial charge is 0.380 e. The summed E-state index contributed by atoms with van der Waals surface area (Å²) in [5, 5.41) is 5.21. The molecule has 23 heavy (non-hydrogen) atoms. The molecule has 6 heteroatoms. The van der Waals surface area contributed by atoms with Gasteiger partial charge in [-0.05, 0) is 37.5 Å². The average Bonchev–Trinajstić information content (AvgIpc) is 3.06. The highest BCUT2D eigenvalue weighted by Gasteiger charge is 2.24. The molecule has 0 aliphatic carbocycles. The number of hydroxylamine groups is 2. The lowest BCUT2D eigenvalue weighted by Gasteiger charge is -2.34. The summed E-state index contributed by atoms with van der Waals surface area (Å²) in [5.41, 5.74) is 0.773. The Morgan fingerprint density at radius 2 is 2.26 bits per heavy atom. The van der Waals surface area contributed by atoms with Gasteiger partial charge in [0.25, 0.3) is 0 Å². The lowest BCUT2D eigenvalue weighted by molar-refractivity contribution is -0.139. The van der Waals surface area contributed by atoms with Crippen molar-refractivity contribution in [1.82, 2.24) is 9.96 Å². The van der Waals surface area contributed by atoms with Gasteiger partial charge in [0.1, 0.15) is 5.82 Å². The van der Waals surface area contributed by atoms with E-state index in [1.807, 2.05) is 16.0 Å². The molecule has 2 fully saturated rings. The minimum absolute atomic E-state index is 0.172. The number of likely N-dealkylation sites (tertiary alicyclic amines) is 1. The molecule has 3 rings (SSSR count). The molecule has 0 spiro atoms. The standard InChI is InChI=1S/C17H24FN3O2/c18-14-4-1-5-15(12-14)19-16-6-2-8-20(13-16)17(22)7-10-21-9-3-11-23-21/h1,4-5,12,16,19H,2-3,6-11,13H2. The van der Waals surface area contributed by atoms with Gasteiger partial charge in [-0.3, -0.25) is 9.63 Å². The van der Waals surface area contributed by atoms with Gasteiger partial charge >= 0.3 is 0 Å². The molecule has 2 aliphatic heterocycles. The zero-order chi connectivity index (χ0) is 16.1. The van der Waals surface area contributed by atoms with Crippen LogP contribution in [0.25, 0.3) is 0 Å². The van der Waals surface area contributed by atoms with Gasteiger partial charge in [-0.2, -0.15) is 5.06 Å². The highest BCUT2D eigenvalue weighted by molar-refractivity contribution is 5.76. The van der Waals surface area contributed by atoms with E-state index >= 15 is 0 Å². The van der Waals surface area contributed by atoms with Crippen molar-refractivity contribution in [3.8, 4) is 0 Å². The summed E-state index contributed by atoms with van der Waals surface area (Å²) in [6.45, 7) is 3.82. The van der Waals surface area contributed by atoms with Crippen molar-refractivity contribution in [3.05, 3.63) is 30.1 Å². The molecular weight excluding hydrogens is 297 g/mol. The van der Waals surface area contributed by atoms with Crippen molar-refractivity contribution in [3.63, 3.8) is 0 Å². The number of carbonyl (C=O) groups is 1. The van der Waals surface area contributed by atoms with Gasteiger partial charge in [0.15, 0.2) is 0 Å². The number of nitrogens with one attached hydrogen (secondary N) is 1. The number of hydrogen-bond acceptors (Lipinski definition) is 4. The molecule has 1 amide bonds. The van der Waals surface area contributed by atoms with Gasteiger partial charge < -0.3 is 10.2 Å². The van der Waals surface area contributed by atoms with Gasteiger partial charge in [-0.1, -0.05) is 6.07 Å². The highest BCUT2D eigenvalue weighted by Crippen LogP contribution is 2.18. The Morgan fingerprint density at radius 1 is 1.35 bits per heavy atom. The number of nitrogens with zero attached hydrogens (tertiary/aromatic N) is 2. The van der Waals surface area contributed by atoms with Crippen LogP contribution in [0.4, 0.5) is 10.1 Å². The Balaban J connectivity index is 1.48. The summed E-state index contributed by atoms with van der Waals surface area (Å²) in [6, 6.07) is 6.65. The predicted molar refractivity (Wildman–Crippen MR) is 86.4 cm³/mol. The van der Waals surface area contributed by atoms with E-state index < -0.39 is 0 Å². The second-order valence-corrected chi connectivity index (χ2v) is 6.20. The maximum atomic E-state index is 13.3. The summed E-state index contributed by atoms with van der Waals surface area (Å²) in [6.07, 6.45) is 3.50. The van der Waals surface area contributed by atoms with Gasteiger partial charge in [0.2, 0.25) is 5.91 Å². The average molecular weight is 321 g/mol. The first-order chi connectivity index (χ1) is 11.2. The summed E-state index contributed by atoms with van der Waals surface area (Å²) in [4.78, 5) is 19.7. The monoisotopic (exact) mass is 321 g/mol. The van der Waals surface area contributed by atoms with Crippen LogP contribution in [0.3, 0.4) is 0 Å². The quantitative estimate of drug-likeness (QED) is 0.903. The van der Waals surface area contributed by atoms with Crippen molar-refractivity contribution in [1.29, 1.82) is 0 Å². The van der Waals surface area contributed by atoms with Crippen molar-refractivity contribution in [2.45, 2.75) is 31.7 Å². The maximum Gasteiger partial charge on any atom is 0.224 e. The Morgan fingerprint density at radius 3 is 3.04 bits per heavy atom. The van der Waals surface area contributed by atoms with Gasteiger partial charge in [-0.15, -0.1) is 0 Å². The smallest absolute Gasteiger partial charge is 0.224 e. The lowest BCUT2D eigenvalue weighted by Crippen LogP contribution is -2.45. The molecule has 2 aliphatic rings. The van der Waals surface area contributed by atoms with E-state index in [0.717, 1.165) is 44.6 Å². The van der Waals surface area contributed by atoms with E-state index in [1.54, 1.807) is 6.07 Å². The predicted octanol–water partition coefficient (Wildman–Crippen LogP) is 2.26. The molecule has 126 valence electrons. The number of rotatable bonds is 5. The molecule has 0 aromatic heterocycles. The summed E-state index contributed by atoms with van der Waals surface area (Å²) in [5.74, 6) is -0.0735. The Hall–Kier alpha value is -1.66. The molecule has 2 heterocycles. The van der Waals surface area contributed by atoms with E-state index in [1.165, 1.54) is 12.1 Å². The zero-order valence-corrected chi connectivity index (χ0v) is 13.3. The van der Waals surface area contributed by atoms with E-state index in [4.69, 9.17) is 4.84 Å². The number of benzene rings is 1. The summed E-state index contributed by atoms with van der Waals surface area (Å²) >= 11 is 0. The Kier molecular flexibility index (Phi) is 5.46. The van der Waals surface area contributed by atoms with Crippen LogP contribution in [0, 0.1) is 5.82 Å². The maximum absolute atomic E-state index is 13.3. The van der Waals surface area contributed by atoms with Crippen molar-refractivity contribution < 1.29 is 14.0 Å². The third-order valence-electron chi connectivity index (χ3n) is 4.37. The fourth-order valence-electron chi connectivity index (χ4n) is 3.19. The van der Waals surface area contributed by atoms with Crippen LogP contribution in [-0.2, 0) is 9.63 Å². The van der Waals surface area contributed by atoms with Crippen LogP contribution in [0.15, 0.2) is 24.3 Å². The molecule has 0 saturated carbocycles. The van der Waals surface area contributed by atoms with Crippen molar-refractivity contribution in [2.24, 2.45) is 0 Å². The molecule has 0 radical (unpaired) electrons. The third-order valence-corrected chi connectivity index (χ3v) is 4.37. The molecular formula is C17H24FN3O2. The van der Waals surface area contributed by atoms with Crippen LogP contribution >= 0.6 is 0 Å². The first kappa shape index (κ1) is 16.2. The minimum atomic E-state index is -0.246. The molecule has 1 N–H and O–H groups in total. The second kappa shape index (κ2) is 7.75. The van der Waals surface area contributed by atoms with E-state index in [-0.39, 0.29) is 17.8 Å². The molecule has 1 aromatic rings. The number of carbonyl (C=O) groups excluding carboxylic acids is 1. The SMILES string of the molecule is O=C(CCN1CCCO1)N1CCCC(Nc2cccc(F)c2)C1. The number of halogens is 1. The molecule has 2 saturated heterocycles. The molecule has 1 unspecified atom stereocenters. The van der Waals surface area contributed by atoms with Crippen molar-refractivity contribution in [2.75, 3.05) is 38.1 Å².